The van der Waals surface area contributed by atoms with Gasteiger partial charge in [-0.3, -0.25) is 9.59 Å². The Balaban J connectivity index is 2.61. The fourth-order valence-electron chi connectivity index (χ4n) is 2.06. The third-order valence-corrected chi connectivity index (χ3v) is 3.67. The zero-order valence-electron chi connectivity index (χ0n) is 13.5. The summed E-state index contributed by atoms with van der Waals surface area (Å²) in [6.07, 6.45) is 3.15. The molecule has 2 N–H and O–H groups in total. The summed E-state index contributed by atoms with van der Waals surface area (Å²) in [5.74, 6) is -0.380. The van der Waals surface area contributed by atoms with E-state index in [1.54, 1.807) is 24.3 Å². The second-order valence-corrected chi connectivity index (χ2v) is 6.14. The number of rotatable bonds is 8. The van der Waals surface area contributed by atoms with Crippen molar-refractivity contribution in [3.8, 4) is 0 Å². The van der Waals surface area contributed by atoms with Crippen molar-refractivity contribution in [2.75, 3.05) is 6.54 Å². The Morgan fingerprint density at radius 2 is 1.77 bits per heavy atom. The van der Waals surface area contributed by atoms with Crippen LogP contribution in [0.15, 0.2) is 24.3 Å². The summed E-state index contributed by atoms with van der Waals surface area (Å²) in [7, 11) is 0. The fraction of sp³-hybridized carbons (Fsp3) is 0.529. The Hall–Kier alpha value is -1.55. The van der Waals surface area contributed by atoms with E-state index in [0.29, 0.717) is 17.1 Å². The predicted octanol–water partition coefficient (Wildman–Crippen LogP) is 3.40. The van der Waals surface area contributed by atoms with Crippen molar-refractivity contribution < 1.29 is 9.59 Å². The Labute approximate surface area is 137 Å². The molecule has 0 heterocycles. The highest BCUT2D eigenvalue weighted by molar-refractivity contribution is 6.30. The van der Waals surface area contributed by atoms with Gasteiger partial charge in [-0.05, 0) is 36.6 Å². The van der Waals surface area contributed by atoms with Crippen molar-refractivity contribution >= 4 is 23.4 Å². The lowest BCUT2D eigenvalue weighted by Gasteiger charge is -2.21. The maximum absolute atomic E-state index is 12.2. The second kappa shape index (κ2) is 9.46. The molecule has 0 fully saturated rings. The monoisotopic (exact) mass is 324 g/mol. The second-order valence-electron chi connectivity index (χ2n) is 5.70. The highest BCUT2D eigenvalue weighted by Crippen LogP contribution is 2.10. The minimum Gasteiger partial charge on any atom is -0.354 e. The number of amides is 2. The minimum absolute atomic E-state index is 0.0161. The smallest absolute Gasteiger partial charge is 0.251 e. The molecular weight excluding hydrogens is 300 g/mol. The first-order valence-corrected chi connectivity index (χ1v) is 8.17. The third kappa shape index (κ3) is 6.06. The van der Waals surface area contributed by atoms with E-state index >= 15 is 0 Å². The Morgan fingerprint density at radius 1 is 1.14 bits per heavy atom. The average Bonchev–Trinajstić information content (AvgIpc) is 2.49. The summed E-state index contributed by atoms with van der Waals surface area (Å²) < 4.78 is 0. The normalized spacial score (nSPS) is 12.0. The lowest BCUT2D eigenvalue weighted by Crippen LogP contribution is -2.49. The van der Waals surface area contributed by atoms with Crippen LogP contribution in [0.1, 0.15) is 50.4 Å². The van der Waals surface area contributed by atoms with Crippen LogP contribution in [-0.4, -0.2) is 24.4 Å². The average molecular weight is 325 g/mol. The first-order chi connectivity index (χ1) is 10.5. The summed E-state index contributed by atoms with van der Waals surface area (Å²) in [4.78, 5) is 24.4. The standard InChI is InChI=1S/C17H25ClN2O2/c1-4-5-6-11-19-17(22)15(12(2)3)20-16(21)13-7-9-14(18)10-8-13/h7-10,12,15H,4-6,11H2,1-3H3,(H,19,22)(H,20,21). The molecule has 22 heavy (non-hydrogen) atoms. The quantitative estimate of drug-likeness (QED) is 0.720. The van der Waals surface area contributed by atoms with Crippen molar-refractivity contribution in [3.63, 3.8) is 0 Å². The van der Waals surface area contributed by atoms with Crippen molar-refractivity contribution in [1.29, 1.82) is 0 Å². The van der Waals surface area contributed by atoms with Gasteiger partial charge in [-0.1, -0.05) is 45.2 Å². The number of carbonyl (C=O) groups excluding carboxylic acids is 2. The first-order valence-electron chi connectivity index (χ1n) is 7.79. The summed E-state index contributed by atoms with van der Waals surface area (Å²) in [6.45, 7) is 6.59. The minimum atomic E-state index is -0.537. The number of carbonyl (C=O) groups is 2. The molecule has 2 amide bonds. The van der Waals surface area contributed by atoms with E-state index in [1.807, 2.05) is 13.8 Å². The largest absolute Gasteiger partial charge is 0.354 e. The molecule has 122 valence electrons. The fourth-order valence-corrected chi connectivity index (χ4v) is 2.18. The molecule has 0 bridgehead atoms. The maximum atomic E-state index is 12.2. The van der Waals surface area contributed by atoms with E-state index in [4.69, 9.17) is 11.6 Å². The van der Waals surface area contributed by atoms with Gasteiger partial charge in [-0.25, -0.2) is 0 Å². The molecule has 0 aliphatic rings. The van der Waals surface area contributed by atoms with Crippen LogP contribution in [0.2, 0.25) is 5.02 Å². The topological polar surface area (TPSA) is 58.2 Å². The van der Waals surface area contributed by atoms with Crippen LogP contribution in [0.5, 0.6) is 0 Å². The van der Waals surface area contributed by atoms with Crippen LogP contribution < -0.4 is 10.6 Å². The summed E-state index contributed by atoms with van der Waals surface area (Å²) in [5.41, 5.74) is 0.494. The summed E-state index contributed by atoms with van der Waals surface area (Å²) >= 11 is 5.81. The molecule has 1 unspecified atom stereocenters. The lowest BCUT2D eigenvalue weighted by molar-refractivity contribution is -0.123. The molecule has 1 aromatic carbocycles. The van der Waals surface area contributed by atoms with Crippen molar-refractivity contribution in [3.05, 3.63) is 34.9 Å². The van der Waals surface area contributed by atoms with Gasteiger partial charge in [0.15, 0.2) is 0 Å². The molecule has 0 aliphatic heterocycles. The molecule has 0 saturated carbocycles. The van der Waals surface area contributed by atoms with E-state index in [1.165, 1.54) is 0 Å². The SMILES string of the molecule is CCCCCNC(=O)C(NC(=O)c1ccc(Cl)cc1)C(C)C. The molecule has 0 aromatic heterocycles. The summed E-state index contributed by atoms with van der Waals surface area (Å²) in [5, 5.41) is 6.26. The zero-order chi connectivity index (χ0) is 16.5. The Morgan fingerprint density at radius 3 is 2.32 bits per heavy atom. The molecule has 5 heteroatoms. The number of nitrogens with one attached hydrogen (secondary N) is 2. The van der Waals surface area contributed by atoms with Gasteiger partial charge in [0.05, 0.1) is 0 Å². The zero-order valence-corrected chi connectivity index (χ0v) is 14.2. The number of hydrogen-bond acceptors (Lipinski definition) is 2. The highest BCUT2D eigenvalue weighted by atomic mass is 35.5. The van der Waals surface area contributed by atoms with Gasteiger partial charge in [-0.15, -0.1) is 0 Å². The van der Waals surface area contributed by atoms with Gasteiger partial charge in [0.25, 0.3) is 5.91 Å². The molecular formula is C17H25ClN2O2. The van der Waals surface area contributed by atoms with Gasteiger partial charge in [0.1, 0.15) is 6.04 Å². The third-order valence-electron chi connectivity index (χ3n) is 3.42. The molecule has 0 spiro atoms. The maximum Gasteiger partial charge on any atom is 0.251 e. The van der Waals surface area contributed by atoms with Gasteiger partial charge >= 0.3 is 0 Å². The van der Waals surface area contributed by atoms with E-state index < -0.39 is 6.04 Å². The molecule has 1 rings (SSSR count). The lowest BCUT2D eigenvalue weighted by atomic mass is 10.0. The van der Waals surface area contributed by atoms with Gasteiger partial charge in [0.2, 0.25) is 5.91 Å². The summed E-state index contributed by atoms with van der Waals surface area (Å²) in [6, 6.07) is 6.07. The van der Waals surface area contributed by atoms with Gasteiger partial charge < -0.3 is 10.6 Å². The highest BCUT2D eigenvalue weighted by Gasteiger charge is 2.24. The van der Waals surface area contributed by atoms with Crippen molar-refractivity contribution in [1.82, 2.24) is 10.6 Å². The van der Waals surface area contributed by atoms with E-state index in [-0.39, 0.29) is 17.7 Å². The van der Waals surface area contributed by atoms with Crippen LogP contribution >= 0.6 is 11.6 Å². The number of benzene rings is 1. The number of unbranched alkanes of at least 4 members (excludes halogenated alkanes) is 2. The van der Waals surface area contributed by atoms with Crippen molar-refractivity contribution in [2.24, 2.45) is 5.92 Å². The van der Waals surface area contributed by atoms with E-state index in [0.717, 1.165) is 19.3 Å². The molecule has 1 atom stereocenters. The molecule has 0 radical (unpaired) electrons. The number of halogens is 1. The molecule has 4 nitrogen and oxygen atoms in total. The predicted molar refractivity (Wildman–Crippen MR) is 90.1 cm³/mol. The molecule has 0 aliphatic carbocycles. The van der Waals surface area contributed by atoms with E-state index in [2.05, 4.69) is 17.6 Å². The van der Waals surface area contributed by atoms with E-state index in [9.17, 15) is 9.59 Å². The van der Waals surface area contributed by atoms with Crippen LogP contribution in [0, 0.1) is 5.92 Å². The van der Waals surface area contributed by atoms with Crippen LogP contribution in [-0.2, 0) is 4.79 Å². The van der Waals surface area contributed by atoms with Gasteiger partial charge in [0, 0.05) is 17.1 Å². The Kier molecular flexibility index (Phi) is 7.96. The van der Waals surface area contributed by atoms with Gasteiger partial charge in [-0.2, -0.15) is 0 Å². The van der Waals surface area contributed by atoms with Crippen LogP contribution in [0.25, 0.3) is 0 Å². The number of hydrogen-bond donors (Lipinski definition) is 2. The van der Waals surface area contributed by atoms with Crippen molar-refractivity contribution in [2.45, 2.75) is 46.1 Å². The molecule has 1 aromatic rings. The van der Waals surface area contributed by atoms with Crippen LogP contribution in [0.3, 0.4) is 0 Å². The first kappa shape index (κ1) is 18.5. The Bertz CT molecular complexity index is 486. The molecule has 0 saturated heterocycles. The van der Waals surface area contributed by atoms with Crippen LogP contribution in [0.4, 0.5) is 0 Å².